The van der Waals surface area contributed by atoms with Crippen LogP contribution in [0.3, 0.4) is 0 Å². The number of thiophene rings is 1. The molecule has 0 amide bonds. The van der Waals surface area contributed by atoms with E-state index in [4.69, 9.17) is 16.7 Å². The molecule has 0 aliphatic heterocycles. The minimum Gasteiger partial charge on any atom is -0.507 e. The number of rotatable bonds is 1. The fourth-order valence-corrected chi connectivity index (χ4v) is 2.41. The van der Waals surface area contributed by atoms with Gasteiger partial charge in [0.15, 0.2) is 0 Å². The van der Waals surface area contributed by atoms with Crippen molar-refractivity contribution in [3.63, 3.8) is 0 Å². The first-order valence-corrected chi connectivity index (χ1v) is 4.98. The van der Waals surface area contributed by atoms with Crippen LogP contribution in [0.4, 0.5) is 0 Å². The Morgan fingerprint density at radius 1 is 1.46 bits per heavy atom. The lowest BCUT2D eigenvalue weighted by molar-refractivity contribution is 0.276. The van der Waals surface area contributed by atoms with Gasteiger partial charge in [0.1, 0.15) is 5.75 Å². The summed E-state index contributed by atoms with van der Waals surface area (Å²) >= 11 is 7.36. The van der Waals surface area contributed by atoms with Crippen molar-refractivity contribution < 1.29 is 10.2 Å². The normalized spacial score (nSPS) is 10.9. The Kier molecular flexibility index (Phi) is 2.15. The van der Waals surface area contributed by atoms with E-state index in [1.807, 2.05) is 11.4 Å². The molecule has 1 aromatic heterocycles. The summed E-state index contributed by atoms with van der Waals surface area (Å²) < 4.78 is 0.930. The molecule has 4 heteroatoms. The molecule has 0 saturated heterocycles. The molecular formula is C9H7ClO2S. The van der Waals surface area contributed by atoms with Crippen molar-refractivity contribution >= 4 is 33.0 Å². The molecule has 0 fully saturated rings. The predicted octanol–water partition coefficient (Wildman–Crippen LogP) is 2.75. The second-order valence-corrected chi connectivity index (χ2v) is 4.03. The zero-order valence-corrected chi connectivity index (χ0v) is 8.19. The van der Waals surface area contributed by atoms with Crippen molar-refractivity contribution in [1.29, 1.82) is 0 Å². The first kappa shape index (κ1) is 8.81. The summed E-state index contributed by atoms with van der Waals surface area (Å²) in [6, 6.07) is 3.57. The lowest BCUT2D eigenvalue weighted by Gasteiger charge is -2.04. The maximum Gasteiger partial charge on any atom is 0.131 e. The maximum atomic E-state index is 9.68. The molecular weight excluding hydrogens is 208 g/mol. The van der Waals surface area contributed by atoms with Gasteiger partial charge in [-0.25, -0.2) is 0 Å². The number of hydrogen-bond donors (Lipinski definition) is 2. The molecule has 0 aliphatic carbocycles. The van der Waals surface area contributed by atoms with Crippen LogP contribution >= 0.6 is 22.9 Å². The molecule has 2 nitrogen and oxygen atoms in total. The molecule has 2 aromatic rings. The number of phenols is 1. The Balaban J connectivity index is 2.85. The van der Waals surface area contributed by atoms with Gasteiger partial charge in [-0.2, -0.15) is 0 Å². The van der Waals surface area contributed by atoms with E-state index in [2.05, 4.69) is 0 Å². The van der Waals surface area contributed by atoms with Gasteiger partial charge < -0.3 is 10.2 Å². The van der Waals surface area contributed by atoms with E-state index < -0.39 is 0 Å². The van der Waals surface area contributed by atoms with Gasteiger partial charge in [0.2, 0.25) is 0 Å². The standard InChI is InChI=1S/C9H7ClO2S/c10-7-3-8-5(1-2-13-8)9(12)6(7)4-11/h1-3,11-12H,4H2. The highest BCUT2D eigenvalue weighted by Crippen LogP contribution is 2.36. The van der Waals surface area contributed by atoms with Crippen LogP contribution in [0.2, 0.25) is 5.02 Å². The summed E-state index contributed by atoms with van der Waals surface area (Å²) in [5.74, 6) is 0.0891. The maximum absolute atomic E-state index is 9.68. The first-order valence-electron chi connectivity index (χ1n) is 3.72. The second kappa shape index (κ2) is 3.18. The van der Waals surface area contributed by atoms with Crippen molar-refractivity contribution in [2.45, 2.75) is 6.61 Å². The Hall–Kier alpha value is -0.770. The molecule has 0 aliphatic rings. The Morgan fingerprint density at radius 3 is 2.92 bits per heavy atom. The summed E-state index contributed by atoms with van der Waals surface area (Å²) in [6.07, 6.45) is 0. The average Bonchev–Trinajstić information content (AvgIpc) is 2.53. The molecule has 1 aromatic carbocycles. The highest BCUT2D eigenvalue weighted by molar-refractivity contribution is 7.17. The molecule has 0 unspecified atom stereocenters. The smallest absolute Gasteiger partial charge is 0.131 e. The number of benzene rings is 1. The van der Waals surface area contributed by atoms with Crippen LogP contribution in [0.25, 0.3) is 10.1 Å². The van der Waals surface area contributed by atoms with Crippen LogP contribution < -0.4 is 0 Å². The van der Waals surface area contributed by atoms with Crippen LogP contribution in [-0.2, 0) is 6.61 Å². The van der Waals surface area contributed by atoms with E-state index in [1.165, 1.54) is 11.3 Å². The Labute approximate surface area is 84.0 Å². The fraction of sp³-hybridized carbons (Fsp3) is 0.111. The molecule has 0 radical (unpaired) electrons. The minimum absolute atomic E-state index is 0.0891. The quantitative estimate of drug-likeness (QED) is 0.767. The molecule has 0 spiro atoms. The third-order valence-electron chi connectivity index (χ3n) is 1.94. The predicted molar refractivity (Wildman–Crippen MR) is 54.4 cm³/mol. The Bertz CT molecular complexity index is 450. The number of aliphatic hydroxyl groups is 1. The van der Waals surface area contributed by atoms with E-state index in [0.717, 1.165) is 10.1 Å². The Morgan fingerprint density at radius 2 is 2.23 bits per heavy atom. The number of aromatic hydroxyl groups is 1. The van der Waals surface area contributed by atoms with Gasteiger partial charge in [-0.3, -0.25) is 0 Å². The number of aliphatic hydroxyl groups excluding tert-OH is 1. The van der Waals surface area contributed by atoms with Crippen molar-refractivity contribution in [2.24, 2.45) is 0 Å². The largest absolute Gasteiger partial charge is 0.507 e. The first-order chi connectivity index (χ1) is 6.24. The van der Waals surface area contributed by atoms with Crippen molar-refractivity contribution in [1.82, 2.24) is 0 Å². The van der Waals surface area contributed by atoms with E-state index in [-0.39, 0.29) is 12.4 Å². The van der Waals surface area contributed by atoms with Gasteiger partial charge in [-0.15, -0.1) is 11.3 Å². The average molecular weight is 215 g/mol. The summed E-state index contributed by atoms with van der Waals surface area (Å²) in [7, 11) is 0. The lowest BCUT2D eigenvalue weighted by Crippen LogP contribution is -1.85. The zero-order chi connectivity index (χ0) is 9.42. The van der Waals surface area contributed by atoms with Gasteiger partial charge in [0.25, 0.3) is 0 Å². The third-order valence-corrected chi connectivity index (χ3v) is 3.14. The zero-order valence-electron chi connectivity index (χ0n) is 6.62. The monoisotopic (exact) mass is 214 g/mol. The molecule has 68 valence electrons. The third kappa shape index (κ3) is 1.29. The van der Waals surface area contributed by atoms with E-state index in [1.54, 1.807) is 6.07 Å². The SMILES string of the molecule is OCc1c(Cl)cc2sccc2c1O. The van der Waals surface area contributed by atoms with Gasteiger partial charge in [-0.1, -0.05) is 11.6 Å². The summed E-state index contributed by atoms with van der Waals surface area (Å²) in [6.45, 7) is -0.240. The molecule has 0 saturated carbocycles. The molecule has 2 rings (SSSR count). The number of hydrogen-bond acceptors (Lipinski definition) is 3. The minimum atomic E-state index is -0.240. The number of fused-ring (bicyclic) bond motifs is 1. The van der Waals surface area contributed by atoms with E-state index in [9.17, 15) is 5.11 Å². The molecule has 1 heterocycles. The molecule has 13 heavy (non-hydrogen) atoms. The fourth-order valence-electron chi connectivity index (χ4n) is 1.26. The highest BCUT2D eigenvalue weighted by atomic mass is 35.5. The molecule has 2 N–H and O–H groups in total. The summed E-state index contributed by atoms with van der Waals surface area (Å²) in [5, 5.41) is 21.7. The van der Waals surface area contributed by atoms with Gasteiger partial charge >= 0.3 is 0 Å². The van der Waals surface area contributed by atoms with Crippen LogP contribution in [0.5, 0.6) is 5.75 Å². The van der Waals surface area contributed by atoms with E-state index >= 15 is 0 Å². The molecule has 0 atom stereocenters. The van der Waals surface area contributed by atoms with Crippen LogP contribution in [0.1, 0.15) is 5.56 Å². The lowest BCUT2D eigenvalue weighted by atomic mass is 10.1. The summed E-state index contributed by atoms with van der Waals surface area (Å²) in [4.78, 5) is 0. The number of halogens is 1. The van der Waals surface area contributed by atoms with Crippen LogP contribution in [-0.4, -0.2) is 10.2 Å². The van der Waals surface area contributed by atoms with Gasteiger partial charge in [0, 0.05) is 15.6 Å². The van der Waals surface area contributed by atoms with Crippen molar-refractivity contribution in [3.8, 4) is 5.75 Å². The highest BCUT2D eigenvalue weighted by Gasteiger charge is 2.10. The van der Waals surface area contributed by atoms with Crippen LogP contribution in [0, 0.1) is 0 Å². The van der Waals surface area contributed by atoms with Gasteiger partial charge in [0.05, 0.1) is 11.6 Å². The van der Waals surface area contributed by atoms with Crippen molar-refractivity contribution in [3.05, 3.63) is 28.1 Å². The summed E-state index contributed by atoms with van der Waals surface area (Å²) in [5.41, 5.74) is 0.396. The van der Waals surface area contributed by atoms with Crippen molar-refractivity contribution in [2.75, 3.05) is 0 Å². The second-order valence-electron chi connectivity index (χ2n) is 2.68. The molecule has 0 bridgehead atoms. The topological polar surface area (TPSA) is 40.5 Å². The van der Waals surface area contributed by atoms with Gasteiger partial charge in [-0.05, 0) is 17.5 Å². The van der Waals surface area contributed by atoms with E-state index in [0.29, 0.717) is 10.6 Å². The van der Waals surface area contributed by atoms with Crippen LogP contribution in [0.15, 0.2) is 17.5 Å².